The largest absolute Gasteiger partial charge is 0.326 e. The van der Waals surface area contributed by atoms with Gasteiger partial charge in [0.25, 0.3) is 12.0 Å². The third kappa shape index (κ3) is 4.33. The van der Waals surface area contributed by atoms with Crippen molar-refractivity contribution in [2.24, 2.45) is 0 Å². The van der Waals surface area contributed by atoms with E-state index in [1.807, 2.05) is 13.8 Å². The van der Waals surface area contributed by atoms with E-state index in [4.69, 9.17) is 0 Å². The third-order valence-electron chi connectivity index (χ3n) is 4.61. The molecule has 0 fully saturated rings. The summed E-state index contributed by atoms with van der Waals surface area (Å²) in [4.78, 5) is 24.6. The fourth-order valence-corrected chi connectivity index (χ4v) is 2.95. The van der Waals surface area contributed by atoms with E-state index in [0.717, 1.165) is 6.07 Å². The molecule has 0 atom stereocenters. The lowest BCUT2D eigenvalue weighted by molar-refractivity contribution is -0.116. The fourth-order valence-electron chi connectivity index (χ4n) is 2.95. The van der Waals surface area contributed by atoms with Crippen LogP contribution in [0.25, 0.3) is 11.0 Å². The molecule has 1 amide bonds. The maximum Gasteiger partial charge on any atom is 0.264 e. The average Bonchev–Trinajstić information content (AvgIpc) is 3.08. The van der Waals surface area contributed by atoms with E-state index in [0.29, 0.717) is 11.3 Å². The number of fused-ring (bicyclic) bond motifs is 1. The molecule has 0 aliphatic heterocycles. The molecule has 0 saturated carbocycles. The Hall–Kier alpha value is -3.10. The van der Waals surface area contributed by atoms with Gasteiger partial charge in [0.15, 0.2) is 5.65 Å². The number of nitrogens with zero attached hydrogens (tertiary/aromatic N) is 3. The highest BCUT2D eigenvalue weighted by Crippen LogP contribution is 2.26. The smallest absolute Gasteiger partial charge is 0.264 e. The van der Waals surface area contributed by atoms with Gasteiger partial charge in [-0.15, -0.1) is 0 Å². The first-order chi connectivity index (χ1) is 13.7. The standard InChI is InChI=1S/C20H21F3N4O2/c1-11(2)27-10-15-14(19(22)23)9-18(29)26(20(15)25-27)7-6-17(28)24-13-5-4-12(3)16(21)8-13/h4-5,8-11,19H,6-7H2,1-3H3,(H,24,28). The molecule has 2 heterocycles. The average molecular weight is 406 g/mol. The number of amides is 1. The molecule has 9 heteroatoms. The second-order valence-corrected chi connectivity index (χ2v) is 7.09. The Bertz CT molecular complexity index is 1120. The molecule has 2 aromatic heterocycles. The summed E-state index contributed by atoms with van der Waals surface area (Å²) in [6, 6.07) is 5.12. The van der Waals surface area contributed by atoms with Gasteiger partial charge in [0, 0.05) is 47.9 Å². The normalized spacial score (nSPS) is 11.6. The highest BCUT2D eigenvalue weighted by atomic mass is 19.3. The van der Waals surface area contributed by atoms with Crippen LogP contribution >= 0.6 is 0 Å². The van der Waals surface area contributed by atoms with Gasteiger partial charge in [-0.05, 0) is 38.5 Å². The number of halogens is 3. The van der Waals surface area contributed by atoms with Crippen LogP contribution in [0.3, 0.4) is 0 Å². The number of alkyl halides is 2. The zero-order valence-corrected chi connectivity index (χ0v) is 16.2. The van der Waals surface area contributed by atoms with Crippen LogP contribution in [0.5, 0.6) is 0 Å². The van der Waals surface area contributed by atoms with Crippen molar-refractivity contribution in [2.45, 2.75) is 46.2 Å². The van der Waals surface area contributed by atoms with E-state index in [1.165, 1.54) is 21.5 Å². The summed E-state index contributed by atoms with van der Waals surface area (Å²) < 4.78 is 43.0. The molecule has 6 nitrogen and oxygen atoms in total. The molecule has 0 aliphatic carbocycles. The van der Waals surface area contributed by atoms with Gasteiger partial charge in [-0.3, -0.25) is 18.8 Å². The van der Waals surface area contributed by atoms with Gasteiger partial charge in [0.1, 0.15) is 5.82 Å². The van der Waals surface area contributed by atoms with Gasteiger partial charge in [0.2, 0.25) is 5.91 Å². The first-order valence-corrected chi connectivity index (χ1v) is 9.14. The summed E-state index contributed by atoms with van der Waals surface area (Å²) in [5.41, 5.74) is -0.177. The van der Waals surface area contributed by atoms with E-state index >= 15 is 0 Å². The lowest BCUT2D eigenvalue weighted by atomic mass is 10.2. The SMILES string of the molecule is Cc1ccc(NC(=O)CCn2c(=O)cc(C(F)F)c3cn(C(C)C)nc32)cc1F. The van der Waals surface area contributed by atoms with Crippen molar-refractivity contribution in [2.75, 3.05) is 5.32 Å². The highest BCUT2D eigenvalue weighted by Gasteiger charge is 2.20. The van der Waals surface area contributed by atoms with Crippen LogP contribution in [0.4, 0.5) is 18.9 Å². The predicted octanol–water partition coefficient (Wildman–Crippen LogP) is 4.19. The Kier molecular flexibility index (Phi) is 5.76. The number of hydrogen-bond acceptors (Lipinski definition) is 3. The molecular weight excluding hydrogens is 385 g/mol. The summed E-state index contributed by atoms with van der Waals surface area (Å²) in [5, 5.41) is 7.00. The molecule has 0 spiro atoms. The van der Waals surface area contributed by atoms with Gasteiger partial charge in [-0.25, -0.2) is 13.2 Å². The molecule has 1 aromatic carbocycles. The van der Waals surface area contributed by atoms with Crippen LogP contribution < -0.4 is 10.9 Å². The molecule has 29 heavy (non-hydrogen) atoms. The molecule has 154 valence electrons. The van der Waals surface area contributed by atoms with Crippen LogP contribution in [-0.2, 0) is 11.3 Å². The molecule has 3 aromatic rings. The van der Waals surface area contributed by atoms with Gasteiger partial charge in [0.05, 0.1) is 0 Å². The molecule has 0 radical (unpaired) electrons. The number of nitrogens with one attached hydrogen (secondary N) is 1. The minimum absolute atomic E-state index is 0.0475. The van der Waals surface area contributed by atoms with E-state index in [-0.39, 0.29) is 35.6 Å². The van der Waals surface area contributed by atoms with Crippen molar-refractivity contribution < 1.29 is 18.0 Å². The van der Waals surface area contributed by atoms with E-state index in [2.05, 4.69) is 10.4 Å². The quantitative estimate of drug-likeness (QED) is 0.667. The van der Waals surface area contributed by atoms with Crippen LogP contribution in [0.1, 0.15) is 43.9 Å². The number of anilines is 1. The Morgan fingerprint density at radius 1 is 1.24 bits per heavy atom. The topological polar surface area (TPSA) is 68.9 Å². The monoisotopic (exact) mass is 406 g/mol. The summed E-state index contributed by atoms with van der Waals surface area (Å²) in [6.07, 6.45) is -1.44. The third-order valence-corrected chi connectivity index (χ3v) is 4.61. The highest BCUT2D eigenvalue weighted by molar-refractivity contribution is 5.90. The predicted molar refractivity (Wildman–Crippen MR) is 104 cm³/mol. The molecular formula is C20H21F3N4O2. The van der Waals surface area contributed by atoms with Crippen molar-refractivity contribution in [1.82, 2.24) is 14.3 Å². The summed E-state index contributed by atoms with van der Waals surface area (Å²) in [5.74, 6) is -0.878. The van der Waals surface area contributed by atoms with Crippen LogP contribution in [0, 0.1) is 12.7 Å². The Balaban J connectivity index is 1.86. The minimum atomic E-state index is -2.82. The zero-order chi connectivity index (χ0) is 21.3. The number of pyridine rings is 1. The lowest BCUT2D eigenvalue weighted by Crippen LogP contribution is -2.24. The minimum Gasteiger partial charge on any atom is -0.326 e. The van der Waals surface area contributed by atoms with E-state index in [9.17, 15) is 22.8 Å². The van der Waals surface area contributed by atoms with Gasteiger partial charge in [-0.2, -0.15) is 5.10 Å². The van der Waals surface area contributed by atoms with Crippen LogP contribution in [-0.4, -0.2) is 20.3 Å². The van der Waals surface area contributed by atoms with Crippen molar-refractivity contribution >= 4 is 22.6 Å². The molecule has 0 saturated heterocycles. The Labute approximate surface area is 164 Å². The number of benzene rings is 1. The van der Waals surface area contributed by atoms with Crippen LogP contribution in [0.2, 0.25) is 0 Å². The van der Waals surface area contributed by atoms with E-state index in [1.54, 1.807) is 19.1 Å². The van der Waals surface area contributed by atoms with Crippen molar-refractivity contribution in [1.29, 1.82) is 0 Å². The first-order valence-electron chi connectivity index (χ1n) is 9.14. The number of carbonyl (C=O) groups excluding carboxylic acids is 1. The zero-order valence-electron chi connectivity index (χ0n) is 16.2. The molecule has 1 N–H and O–H groups in total. The number of hydrogen-bond donors (Lipinski definition) is 1. The number of aryl methyl sites for hydroxylation is 2. The number of rotatable bonds is 6. The second-order valence-electron chi connectivity index (χ2n) is 7.09. The van der Waals surface area contributed by atoms with Gasteiger partial charge >= 0.3 is 0 Å². The van der Waals surface area contributed by atoms with Crippen molar-refractivity contribution in [3.05, 3.63) is 57.8 Å². The molecule has 0 aliphatic rings. The summed E-state index contributed by atoms with van der Waals surface area (Å²) >= 11 is 0. The number of carbonyl (C=O) groups is 1. The summed E-state index contributed by atoms with van der Waals surface area (Å²) in [7, 11) is 0. The second kappa shape index (κ2) is 8.10. The Morgan fingerprint density at radius 2 is 1.97 bits per heavy atom. The van der Waals surface area contributed by atoms with Crippen molar-refractivity contribution in [3.63, 3.8) is 0 Å². The maximum absolute atomic E-state index is 13.6. The molecule has 3 rings (SSSR count). The first kappa shape index (κ1) is 20.6. The molecule has 0 bridgehead atoms. The lowest BCUT2D eigenvalue weighted by Gasteiger charge is -2.10. The maximum atomic E-state index is 13.6. The van der Waals surface area contributed by atoms with E-state index < -0.39 is 23.7 Å². The Morgan fingerprint density at radius 3 is 2.59 bits per heavy atom. The van der Waals surface area contributed by atoms with Gasteiger partial charge in [-0.1, -0.05) is 6.07 Å². The number of aromatic nitrogens is 3. The summed E-state index contributed by atoms with van der Waals surface area (Å²) in [6.45, 7) is 5.24. The van der Waals surface area contributed by atoms with Gasteiger partial charge < -0.3 is 5.32 Å². The molecule has 0 unspecified atom stereocenters. The van der Waals surface area contributed by atoms with Crippen LogP contribution in [0.15, 0.2) is 35.3 Å². The van der Waals surface area contributed by atoms with Crippen molar-refractivity contribution in [3.8, 4) is 0 Å². The fraction of sp³-hybridized carbons (Fsp3) is 0.350.